The van der Waals surface area contributed by atoms with Gasteiger partial charge in [0.15, 0.2) is 0 Å². The highest BCUT2D eigenvalue weighted by atomic mass is 19.4. The van der Waals surface area contributed by atoms with E-state index in [1.54, 1.807) is 6.07 Å². The normalized spacial score (nSPS) is 13.8. The van der Waals surface area contributed by atoms with Crippen molar-refractivity contribution in [3.05, 3.63) is 34.9 Å². The predicted molar refractivity (Wildman–Crippen MR) is 63.0 cm³/mol. The second-order valence-corrected chi connectivity index (χ2v) is 4.29. The summed E-state index contributed by atoms with van der Waals surface area (Å²) < 4.78 is 37.5. The van der Waals surface area contributed by atoms with Gasteiger partial charge in [-0.15, -0.1) is 0 Å². The number of alkyl halides is 3. The molecule has 0 fully saturated rings. The summed E-state index contributed by atoms with van der Waals surface area (Å²) >= 11 is 0. The van der Waals surface area contributed by atoms with E-state index < -0.39 is 18.6 Å². The molecule has 1 rings (SSSR count). The Hall–Kier alpha value is -1.03. The van der Waals surface area contributed by atoms with Crippen molar-refractivity contribution in [1.29, 1.82) is 0 Å². The van der Waals surface area contributed by atoms with Gasteiger partial charge in [0.05, 0.1) is 6.42 Å². The molecule has 0 heterocycles. The van der Waals surface area contributed by atoms with Crippen molar-refractivity contribution in [3.63, 3.8) is 0 Å². The van der Waals surface area contributed by atoms with Gasteiger partial charge >= 0.3 is 6.18 Å². The summed E-state index contributed by atoms with van der Waals surface area (Å²) in [5.41, 5.74) is 2.70. The fraction of sp³-hybridized carbons (Fsp3) is 0.538. The molecule has 1 atom stereocenters. The molecule has 0 aliphatic rings. The van der Waals surface area contributed by atoms with E-state index in [-0.39, 0.29) is 0 Å². The largest absolute Gasteiger partial charge is 0.390 e. The highest BCUT2D eigenvalue weighted by Gasteiger charge is 2.32. The van der Waals surface area contributed by atoms with Gasteiger partial charge in [0.2, 0.25) is 0 Å². The van der Waals surface area contributed by atoms with Gasteiger partial charge in [0.25, 0.3) is 0 Å². The lowest BCUT2D eigenvalue weighted by molar-refractivity contribution is -0.140. The molecule has 1 aromatic carbocycles. The van der Waals surface area contributed by atoms with E-state index in [1.165, 1.54) is 0 Å². The quantitative estimate of drug-likeness (QED) is 0.848. The second-order valence-electron chi connectivity index (χ2n) is 4.29. The van der Waals surface area contributed by atoms with Crippen molar-refractivity contribution in [1.82, 2.24) is 5.32 Å². The summed E-state index contributed by atoms with van der Waals surface area (Å²) in [5.74, 6) is 0. The number of aryl methyl sites for hydroxylation is 2. The van der Waals surface area contributed by atoms with Crippen LogP contribution < -0.4 is 5.32 Å². The van der Waals surface area contributed by atoms with Crippen molar-refractivity contribution in [3.8, 4) is 0 Å². The van der Waals surface area contributed by atoms with E-state index in [9.17, 15) is 13.2 Å². The molecule has 0 radical (unpaired) electrons. The van der Waals surface area contributed by atoms with Crippen LogP contribution in [-0.4, -0.2) is 12.7 Å². The molecular formula is C13H18F3N. The van der Waals surface area contributed by atoms with E-state index in [1.807, 2.05) is 32.9 Å². The molecule has 0 aromatic heterocycles. The molecule has 0 aliphatic carbocycles. The molecule has 1 N–H and O–H groups in total. The Kier molecular flexibility index (Phi) is 4.57. The van der Waals surface area contributed by atoms with Crippen LogP contribution in [0.25, 0.3) is 0 Å². The summed E-state index contributed by atoms with van der Waals surface area (Å²) in [6.07, 6.45) is -4.98. The first-order chi connectivity index (χ1) is 7.83. The van der Waals surface area contributed by atoms with Crippen LogP contribution in [0.4, 0.5) is 13.2 Å². The third kappa shape index (κ3) is 4.38. The van der Waals surface area contributed by atoms with Gasteiger partial charge in [0.1, 0.15) is 0 Å². The predicted octanol–water partition coefficient (Wildman–Crippen LogP) is 3.91. The average Bonchev–Trinajstić information content (AvgIpc) is 2.14. The maximum absolute atomic E-state index is 12.5. The third-order valence-corrected chi connectivity index (χ3v) is 2.69. The zero-order valence-electron chi connectivity index (χ0n) is 10.4. The minimum Gasteiger partial charge on any atom is -0.310 e. The SMILES string of the molecule is CCNC(CC(F)(F)F)c1ccc(C)cc1C. The minimum absolute atomic E-state index is 0.522. The van der Waals surface area contributed by atoms with Gasteiger partial charge in [-0.1, -0.05) is 30.7 Å². The second kappa shape index (κ2) is 5.54. The third-order valence-electron chi connectivity index (χ3n) is 2.69. The average molecular weight is 245 g/mol. The molecule has 0 bridgehead atoms. The van der Waals surface area contributed by atoms with Crippen LogP contribution >= 0.6 is 0 Å². The summed E-state index contributed by atoms with van der Waals surface area (Å²) in [6.45, 7) is 6.12. The topological polar surface area (TPSA) is 12.0 Å². The Morgan fingerprint density at radius 1 is 1.24 bits per heavy atom. The van der Waals surface area contributed by atoms with Gasteiger partial charge in [0, 0.05) is 6.04 Å². The Bertz CT molecular complexity index is 371. The zero-order chi connectivity index (χ0) is 13.1. The van der Waals surface area contributed by atoms with Crippen LogP contribution in [-0.2, 0) is 0 Å². The lowest BCUT2D eigenvalue weighted by atomic mass is 9.97. The standard InChI is InChI=1S/C13H18F3N/c1-4-17-12(8-13(14,15)16)11-6-5-9(2)7-10(11)3/h5-7,12,17H,4,8H2,1-3H3. The first-order valence-corrected chi connectivity index (χ1v) is 5.70. The van der Waals surface area contributed by atoms with Crippen LogP contribution in [0.3, 0.4) is 0 Å². The molecule has 0 aliphatic heterocycles. The molecule has 17 heavy (non-hydrogen) atoms. The summed E-state index contributed by atoms with van der Waals surface area (Å²) in [4.78, 5) is 0. The lowest BCUT2D eigenvalue weighted by Gasteiger charge is -2.22. The zero-order valence-corrected chi connectivity index (χ0v) is 10.4. The summed E-state index contributed by atoms with van der Waals surface area (Å²) in [6, 6.07) is 4.89. The highest BCUT2D eigenvalue weighted by Crippen LogP contribution is 2.31. The van der Waals surface area contributed by atoms with E-state index >= 15 is 0 Å². The number of benzene rings is 1. The van der Waals surface area contributed by atoms with Crippen LogP contribution in [0, 0.1) is 13.8 Å². The lowest BCUT2D eigenvalue weighted by Crippen LogP contribution is -2.27. The van der Waals surface area contributed by atoms with Gasteiger partial charge in [-0.05, 0) is 31.5 Å². The molecule has 0 spiro atoms. The van der Waals surface area contributed by atoms with E-state index in [0.29, 0.717) is 6.54 Å². The molecule has 4 heteroatoms. The van der Waals surface area contributed by atoms with Gasteiger partial charge < -0.3 is 5.32 Å². The maximum atomic E-state index is 12.5. The van der Waals surface area contributed by atoms with Crippen LogP contribution in [0.1, 0.15) is 36.1 Å². The van der Waals surface area contributed by atoms with Crippen LogP contribution in [0.15, 0.2) is 18.2 Å². The Balaban J connectivity index is 2.97. The number of hydrogen-bond donors (Lipinski definition) is 1. The Morgan fingerprint density at radius 2 is 1.88 bits per heavy atom. The summed E-state index contributed by atoms with van der Waals surface area (Å²) in [5, 5.41) is 2.90. The maximum Gasteiger partial charge on any atom is 0.390 e. The Morgan fingerprint density at radius 3 is 2.35 bits per heavy atom. The van der Waals surface area contributed by atoms with Crippen LogP contribution in [0.2, 0.25) is 0 Å². The monoisotopic (exact) mass is 245 g/mol. The molecule has 96 valence electrons. The van der Waals surface area contributed by atoms with Crippen molar-refractivity contribution >= 4 is 0 Å². The Labute approximate surface area is 100 Å². The van der Waals surface area contributed by atoms with Crippen molar-refractivity contribution in [2.45, 2.75) is 39.4 Å². The van der Waals surface area contributed by atoms with Gasteiger partial charge in [-0.2, -0.15) is 13.2 Å². The van der Waals surface area contributed by atoms with E-state index in [2.05, 4.69) is 5.32 Å². The fourth-order valence-corrected chi connectivity index (χ4v) is 1.99. The number of nitrogens with one attached hydrogen (secondary N) is 1. The highest BCUT2D eigenvalue weighted by molar-refractivity contribution is 5.32. The minimum atomic E-state index is -4.15. The van der Waals surface area contributed by atoms with Gasteiger partial charge in [-0.25, -0.2) is 0 Å². The smallest absolute Gasteiger partial charge is 0.310 e. The molecular weight excluding hydrogens is 227 g/mol. The molecule has 0 saturated carbocycles. The first-order valence-electron chi connectivity index (χ1n) is 5.70. The van der Waals surface area contributed by atoms with Crippen molar-refractivity contribution < 1.29 is 13.2 Å². The number of rotatable bonds is 4. The van der Waals surface area contributed by atoms with E-state index in [0.717, 1.165) is 16.7 Å². The molecule has 1 nitrogen and oxygen atoms in total. The van der Waals surface area contributed by atoms with Gasteiger partial charge in [-0.3, -0.25) is 0 Å². The van der Waals surface area contributed by atoms with Crippen molar-refractivity contribution in [2.75, 3.05) is 6.54 Å². The number of hydrogen-bond acceptors (Lipinski definition) is 1. The first kappa shape index (κ1) is 14.0. The molecule has 0 saturated heterocycles. The number of halogens is 3. The van der Waals surface area contributed by atoms with Crippen LogP contribution in [0.5, 0.6) is 0 Å². The summed E-state index contributed by atoms with van der Waals surface area (Å²) in [7, 11) is 0. The molecule has 1 unspecified atom stereocenters. The van der Waals surface area contributed by atoms with Crippen molar-refractivity contribution in [2.24, 2.45) is 0 Å². The molecule has 0 amide bonds. The molecule has 1 aromatic rings. The fourth-order valence-electron chi connectivity index (χ4n) is 1.99. The van der Waals surface area contributed by atoms with E-state index in [4.69, 9.17) is 0 Å².